The van der Waals surface area contributed by atoms with Gasteiger partial charge in [-0.3, -0.25) is 37.3 Å². The molecule has 0 spiro atoms. The summed E-state index contributed by atoms with van der Waals surface area (Å²) in [7, 11) is -9.95. The number of hydrogen-bond acceptors (Lipinski definition) is 15. The molecule has 19 heteroatoms. The van der Waals surface area contributed by atoms with Crippen molar-refractivity contribution >= 4 is 39.5 Å². The highest BCUT2D eigenvalue weighted by Crippen LogP contribution is 2.45. The van der Waals surface area contributed by atoms with Crippen LogP contribution in [0.25, 0.3) is 0 Å². The maximum absolute atomic E-state index is 13.2. The average molecular weight is 1650 g/mol. The zero-order valence-corrected chi connectivity index (χ0v) is 75.8. The molecule has 3 unspecified atom stereocenters. The number of rotatable bonds is 92. The quantitative estimate of drug-likeness (QED) is 0.0169. The summed E-state index contributed by atoms with van der Waals surface area (Å²) in [5, 5.41) is 10.7. The van der Waals surface area contributed by atoms with Crippen LogP contribution in [-0.4, -0.2) is 96.7 Å². The maximum atomic E-state index is 13.2. The van der Waals surface area contributed by atoms with E-state index in [2.05, 4.69) is 76.3 Å². The Balaban J connectivity index is 5.24. The summed E-state index contributed by atoms with van der Waals surface area (Å²) >= 11 is 0. The van der Waals surface area contributed by atoms with Crippen LogP contribution < -0.4 is 0 Å². The molecule has 0 aromatic rings. The molecule has 0 heterocycles. The molecule has 670 valence electrons. The van der Waals surface area contributed by atoms with Gasteiger partial charge in [0.1, 0.15) is 19.3 Å². The van der Waals surface area contributed by atoms with E-state index >= 15 is 0 Å². The number of carbonyl (C=O) groups excluding carboxylic acids is 4. The van der Waals surface area contributed by atoms with Crippen LogP contribution in [0.5, 0.6) is 0 Å². The third-order valence-corrected chi connectivity index (χ3v) is 23.1. The van der Waals surface area contributed by atoms with E-state index < -0.39 is 97.5 Å². The summed E-state index contributed by atoms with van der Waals surface area (Å²) < 4.78 is 69.1. The molecule has 0 fully saturated rings. The Labute approximate surface area is 699 Å². The van der Waals surface area contributed by atoms with Gasteiger partial charge in [-0.2, -0.15) is 0 Å². The molecule has 0 saturated carbocycles. The fourth-order valence-electron chi connectivity index (χ4n) is 13.9. The summed E-state index contributed by atoms with van der Waals surface area (Å²) in [6.07, 6.45) is 92.2. The molecule has 17 nitrogen and oxygen atoms in total. The van der Waals surface area contributed by atoms with E-state index in [0.717, 1.165) is 103 Å². The molecule has 0 aromatic heterocycles. The molecule has 0 amide bonds. The van der Waals surface area contributed by atoms with Crippen molar-refractivity contribution in [3.05, 3.63) is 48.6 Å². The molecule has 0 rings (SSSR count). The Morgan fingerprint density at radius 3 is 0.632 bits per heavy atom. The van der Waals surface area contributed by atoms with Crippen molar-refractivity contribution in [2.24, 2.45) is 0 Å². The molecule has 0 saturated heterocycles. The molecule has 0 aliphatic carbocycles. The van der Waals surface area contributed by atoms with Gasteiger partial charge < -0.3 is 33.8 Å². The number of ether oxygens (including phenoxy) is 4. The molecule has 0 aromatic carbocycles. The van der Waals surface area contributed by atoms with E-state index in [1.165, 1.54) is 295 Å². The van der Waals surface area contributed by atoms with Crippen LogP contribution in [0, 0.1) is 0 Å². The molecular formula is C95H178O17P2. The van der Waals surface area contributed by atoms with Crippen molar-refractivity contribution in [1.29, 1.82) is 0 Å². The van der Waals surface area contributed by atoms with Gasteiger partial charge in [-0.15, -0.1) is 0 Å². The number of aliphatic hydroxyl groups excluding tert-OH is 1. The van der Waals surface area contributed by atoms with Gasteiger partial charge in [-0.25, -0.2) is 9.13 Å². The first kappa shape index (κ1) is 111. The van der Waals surface area contributed by atoms with Gasteiger partial charge >= 0.3 is 39.5 Å². The molecule has 3 N–H and O–H groups in total. The lowest BCUT2D eigenvalue weighted by Crippen LogP contribution is -2.30. The average Bonchev–Trinajstić information content (AvgIpc) is 0.904. The van der Waals surface area contributed by atoms with Gasteiger partial charge in [0.15, 0.2) is 12.2 Å². The lowest BCUT2D eigenvalue weighted by atomic mass is 10.0. The second kappa shape index (κ2) is 87.8. The summed E-state index contributed by atoms with van der Waals surface area (Å²) in [5.41, 5.74) is 0. The molecule has 0 aliphatic rings. The van der Waals surface area contributed by atoms with E-state index in [1.54, 1.807) is 0 Å². The third-order valence-electron chi connectivity index (χ3n) is 21.2. The van der Waals surface area contributed by atoms with Gasteiger partial charge in [0.25, 0.3) is 0 Å². The number of allylic oxidation sites excluding steroid dienone is 8. The van der Waals surface area contributed by atoms with Gasteiger partial charge in [0.2, 0.25) is 0 Å². The minimum atomic E-state index is -4.98. The summed E-state index contributed by atoms with van der Waals surface area (Å²) in [4.78, 5) is 73.5. The zero-order valence-electron chi connectivity index (χ0n) is 74.0. The van der Waals surface area contributed by atoms with E-state index in [1.807, 2.05) is 0 Å². The van der Waals surface area contributed by atoms with Crippen LogP contribution in [0.4, 0.5) is 0 Å². The van der Waals surface area contributed by atoms with Crippen LogP contribution in [-0.2, 0) is 65.4 Å². The molecular weight excluding hydrogens is 1470 g/mol. The first-order chi connectivity index (χ1) is 55.7. The Kier molecular flexibility index (Phi) is 85.5. The van der Waals surface area contributed by atoms with Crippen molar-refractivity contribution in [3.63, 3.8) is 0 Å². The topological polar surface area (TPSA) is 237 Å². The Hall–Kier alpha value is -2.98. The third kappa shape index (κ3) is 86.9. The standard InChI is InChI=1S/C95H178O17P2/c1-5-9-13-17-21-25-29-32-35-38-41-44-47-50-53-56-60-63-67-71-75-79-92(97)105-85-90(111-94(99)81-77-73-69-65-59-28-24-20-16-12-8-4)87-109-113(101,102)107-83-89(96)84-108-114(103,104)110-88-91(112-95(100)82-78-74-70-66-62-58-55-52-49-46-43-40-37-34-31-27-23-19-15-11-7-3)86-106-93(98)80-76-72-68-64-61-57-54-51-48-45-42-39-36-33-30-26-22-18-14-10-6-2/h20,24,32-37,89-91,96H,5-19,21-23,25-31,38-88H2,1-4H3,(H,101,102)(H,103,104)/b24-20-,35-32-,36-33-,37-34-/t89?,90-,91-/m1/s1. The lowest BCUT2D eigenvalue weighted by molar-refractivity contribution is -0.161. The van der Waals surface area contributed by atoms with Crippen molar-refractivity contribution in [3.8, 4) is 0 Å². The number of carbonyl (C=O) groups is 4. The second-order valence-electron chi connectivity index (χ2n) is 32.7. The first-order valence-electron chi connectivity index (χ1n) is 47.9. The van der Waals surface area contributed by atoms with Crippen LogP contribution in [0.2, 0.25) is 0 Å². The number of unbranched alkanes of at least 4 members (excludes halogenated alkanes) is 58. The fourth-order valence-corrected chi connectivity index (χ4v) is 15.5. The highest BCUT2D eigenvalue weighted by Gasteiger charge is 2.31. The van der Waals surface area contributed by atoms with Crippen molar-refractivity contribution < 1.29 is 80.2 Å². The van der Waals surface area contributed by atoms with Gasteiger partial charge in [-0.1, -0.05) is 378 Å². The lowest BCUT2D eigenvalue weighted by Gasteiger charge is -2.21. The van der Waals surface area contributed by atoms with E-state index in [0.29, 0.717) is 25.7 Å². The number of phosphoric ester groups is 2. The smallest absolute Gasteiger partial charge is 0.462 e. The second-order valence-corrected chi connectivity index (χ2v) is 35.6. The molecule has 114 heavy (non-hydrogen) atoms. The monoisotopic (exact) mass is 1650 g/mol. The minimum absolute atomic E-state index is 0.0906. The normalized spacial score (nSPS) is 13.9. The van der Waals surface area contributed by atoms with Crippen molar-refractivity contribution in [2.75, 3.05) is 39.6 Å². The van der Waals surface area contributed by atoms with Crippen LogP contribution in [0.3, 0.4) is 0 Å². The van der Waals surface area contributed by atoms with E-state index in [-0.39, 0.29) is 25.7 Å². The van der Waals surface area contributed by atoms with Crippen LogP contribution in [0.15, 0.2) is 48.6 Å². The van der Waals surface area contributed by atoms with Gasteiger partial charge in [0.05, 0.1) is 26.4 Å². The van der Waals surface area contributed by atoms with Crippen molar-refractivity contribution in [1.82, 2.24) is 0 Å². The Morgan fingerprint density at radius 2 is 0.412 bits per heavy atom. The number of esters is 4. The Morgan fingerprint density at radius 1 is 0.237 bits per heavy atom. The first-order valence-corrected chi connectivity index (χ1v) is 50.9. The number of phosphoric acid groups is 2. The number of hydrogen-bond donors (Lipinski definition) is 3. The zero-order chi connectivity index (χ0) is 83.1. The van der Waals surface area contributed by atoms with E-state index in [4.69, 9.17) is 37.0 Å². The fraction of sp³-hybridized carbons (Fsp3) is 0.874. The predicted octanol–water partition coefficient (Wildman–Crippen LogP) is 29.1. The highest BCUT2D eigenvalue weighted by molar-refractivity contribution is 7.47. The summed E-state index contributed by atoms with van der Waals surface area (Å²) in [6.45, 7) is 4.97. The van der Waals surface area contributed by atoms with Crippen molar-refractivity contribution in [2.45, 2.75) is 495 Å². The van der Waals surface area contributed by atoms with Crippen LogP contribution in [0.1, 0.15) is 477 Å². The highest BCUT2D eigenvalue weighted by atomic mass is 31.2. The summed E-state index contributed by atoms with van der Waals surface area (Å²) in [5.74, 6) is -2.13. The summed E-state index contributed by atoms with van der Waals surface area (Å²) in [6, 6.07) is 0. The number of aliphatic hydroxyl groups is 1. The molecule has 0 aliphatic heterocycles. The molecule has 0 bridgehead atoms. The van der Waals surface area contributed by atoms with E-state index in [9.17, 15) is 43.2 Å². The van der Waals surface area contributed by atoms with Gasteiger partial charge in [0, 0.05) is 25.7 Å². The largest absolute Gasteiger partial charge is 0.472 e. The molecule has 5 atom stereocenters. The Bertz CT molecular complexity index is 2330. The predicted molar refractivity (Wildman–Crippen MR) is 474 cm³/mol. The maximum Gasteiger partial charge on any atom is 0.472 e. The van der Waals surface area contributed by atoms with Gasteiger partial charge in [-0.05, 0) is 122 Å². The van der Waals surface area contributed by atoms with Crippen LogP contribution >= 0.6 is 15.6 Å². The molecule has 0 radical (unpaired) electrons. The minimum Gasteiger partial charge on any atom is -0.462 e. The SMILES string of the molecule is CCCC/C=C\CCCCCCCC(=O)O[C@H](COC(=O)CCCCCCCCCCCCC/C=C\CCCCCCCC)COP(=O)(O)OCC(O)COP(=O)(O)OC[C@@H](COC(=O)CCCCCCCCCCCCC/C=C\CCCCCCCC)OC(=O)CCCCCCCCCCCCC/C=C\CCCCCCCC.